The lowest BCUT2D eigenvalue weighted by Gasteiger charge is -2.10. The second-order valence-corrected chi connectivity index (χ2v) is 6.13. The molecule has 0 saturated heterocycles. The maximum absolute atomic E-state index is 12.8. The zero-order chi connectivity index (χ0) is 15.1. The molecule has 0 spiro atoms. The number of benzene rings is 2. The number of thioether (sulfide) groups is 1. The van der Waals surface area contributed by atoms with Gasteiger partial charge in [0, 0.05) is 22.9 Å². The van der Waals surface area contributed by atoms with Crippen LogP contribution in [-0.2, 0) is 0 Å². The minimum atomic E-state index is -0.256. The van der Waals surface area contributed by atoms with Gasteiger partial charge in [0.1, 0.15) is 5.82 Å². The maximum Gasteiger partial charge on any atom is 0.170 e. The lowest BCUT2D eigenvalue weighted by atomic mass is 10.2. The summed E-state index contributed by atoms with van der Waals surface area (Å²) < 4.78 is 12.8. The van der Waals surface area contributed by atoms with Gasteiger partial charge in [-0.15, -0.1) is 11.8 Å². The monoisotopic (exact) mass is 320 g/mol. The molecule has 0 atom stereocenters. The Balaban J connectivity index is 1.67. The fourth-order valence-electron chi connectivity index (χ4n) is 1.68. The van der Waals surface area contributed by atoms with Gasteiger partial charge < -0.3 is 10.6 Å². The van der Waals surface area contributed by atoms with Crippen molar-refractivity contribution in [2.75, 3.05) is 17.6 Å². The van der Waals surface area contributed by atoms with E-state index in [-0.39, 0.29) is 5.82 Å². The number of aryl methyl sites for hydroxylation is 1. The van der Waals surface area contributed by atoms with E-state index >= 15 is 0 Å². The molecule has 0 unspecified atom stereocenters. The summed E-state index contributed by atoms with van der Waals surface area (Å²) in [5.41, 5.74) is 2.04. The smallest absolute Gasteiger partial charge is 0.170 e. The largest absolute Gasteiger partial charge is 0.362 e. The second kappa shape index (κ2) is 8.00. The molecule has 0 aliphatic heterocycles. The van der Waals surface area contributed by atoms with E-state index < -0.39 is 0 Å². The van der Waals surface area contributed by atoms with Crippen LogP contribution in [0.2, 0.25) is 0 Å². The fraction of sp³-hybridized carbons (Fsp3) is 0.188. The number of thiocarbonyl (C=S) groups is 1. The summed E-state index contributed by atoms with van der Waals surface area (Å²) in [7, 11) is 0. The van der Waals surface area contributed by atoms with E-state index in [1.165, 1.54) is 22.6 Å². The van der Waals surface area contributed by atoms with Crippen molar-refractivity contribution in [1.82, 2.24) is 5.32 Å². The van der Waals surface area contributed by atoms with Gasteiger partial charge >= 0.3 is 0 Å². The first kappa shape index (κ1) is 15.8. The number of nitrogens with one attached hydrogen (secondary N) is 2. The number of anilines is 1. The molecule has 0 amide bonds. The number of rotatable bonds is 5. The lowest BCUT2D eigenvalue weighted by Crippen LogP contribution is -2.30. The Bertz CT molecular complexity index is 582. The molecule has 0 radical (unpaired) electrons. The van der Waals surface area contributed by atoms with E-state index in [2.05, 4.69) is 41.8 Å². The van der Waals surface area contributed by atoms with Gasteiger partial charge in [0.2, 0.25) is 0 Å². The quantitative estimate of drug-likeness (QED) is 0.489. The highest BCUT2D eigenvalue weighted by atomic mass is 32.2. The molecule has 0 saturated carbocycles. The standard InChI is InChI=1S/C16H17FN2S2/c1-12-2-8-15(9-3-12)21-11-10-18-16(20)19-14-6-4-13(17)5-7-14/h2-9H,10-11H2,1H3,(H2,18,19,20). The summed E-state index contributed by atoms with van der Waals surface area (Å²) in [4.78, 5) is 1.25. The van der Waals surface area contributed by atoms with Crippen molar-refractivity contribution in [2.45, 2.75) is 11.8 Å². The summed E-state index contributed by atoms with van der Waals surface area (Å²) in [6, 6.07) is 14.6. The van der Waals surface area contributed by atoms with E-state index in [9.17, 15) is 4.39 Å². The summed E-state index contributed by atoms with van der Waals surface area (Å²) in [5.74, 6) is 0.669. The molecule has 21 heavy (non-hydrogen) atoms. The molecule has 2 N–H and O–H groups in total. The molecule has 0 aliphatic rings. The average molecular weight is 320 g/mol. The van der Waals surface area contributed by atoms with Crippen molar-refractivity contribution in [3.05, 3.63) is 59.9 Å². The Labute approximate surface area is 134 Å². The van der Waals surface area contributed by atoms with Gasteiger partial charge in [0.15, 0.2) is 5.11 Å². The van der Waals surface area contributed by atoms with Crippen molar-refractivity contribution in [2.24, 2.45) is 0 Å². The van der Waals surface area contributed by atoms with Crippen molar-refractivity contribution in [1.29, 1.82) is 0 Å². The number of hydrogen-bond acceptors (Lipinski definition) is 2. The van der Waals surface area contributed by atoms with Gasteiger partial charge in [-0.3, -0.25) is 0 Å². The zero-order valence-corrected chi connectivity index (χ0v) is 13.4. The van der Waals surface area contributed by atoms with Gasteiger partial charge in [-0.2, -0.15) is 0 Å². The first-order valence-electron chi connectivity index (χ1n) is 6.63. The molecule has 0 bridgehead atoms. The predicted octanol–water partition coefficient (Wildman–Crippen LogP) is 4.21. The van der Waals surface area contributed by atoms with Crippen LogP contribution in [0.25, 0.3) is 0 Å². The lowest BCUT2D eigenvalue weighted by molar-refractivity contribution is 0.628. The molecular weight excluding hydrogens is 303 g/mol. The molecule has 0 heterocycles. The van der Waals surface area contributed by atoms with E-state index in [1.807, 2.05) is 0 Å². The average Bonchev–Trinajstić information content (AvgIpc) is 2.48. The van der Waals surface area contributed by atoms with Crippen LogP contribution in [-0.4, -0.2) is 17.4 Å². The Morgan fingerprint density at radius 2 is 1.76 bits per heavy atom. The van der Waals surface area contributed by atoms with Crippen LogP contribution < -0.4 is 10.6 Å². The Hall–Kier alpha value is -1.59. The molecule has 2 nitrogen and oxygen atoms in total. The fourth-order valence-corrected chi connectivity index (χ4v) is 2.66. The highest BCUT2D eigenvalue weighted by molar-refractivity contribution is 7.99. The molecule has 0 fully saturated rings. The van der Waals surface area contributed by atoms with Crippen molar-refractivity contribution in [3.8, 4) is 0 Å². The summed E-state index contributed by atoms with van der Waals surface area (Å²) in [5, 5.41) is 6.70. The molecule has 5 heteroatoms. The third kappa shape index (κ3) is 5.73. The highest BCUT2D eigenvalue weighted by Crippen LogP contribution is 2.17. The summed E-state index contributed by atoms with van der Waals surface area (Å²) in [6.45, 7) is 2.85. The first-order valence-corrected chi connectivity index (χ1v) is 8.03. The minimum Gasteiger partial charge on any atom is -0.362 e. The topological polar surface area (TPSA) is 24.1 Å². The van der Waals surface area contributed by atoms with Gasteiger partial charge in [-0.05, 0) is 55.5 Å². The van der Waals surface area contributed by atoms with Crippen molar-refractivity contribution in [3.63, 3.8) is 0 Å². The van der Waals surface area contributed by atoms with Gasteiger partial charge in [-0.1, -0.05) is 17.7 Å². The highest BCUT2D eigenvalue weighted by Gasteiger charge is 1.98. The third-order valence-corrected chi connectivity index (χ3v) is 4.04. The molecule has 2 aromatic carbocycles. The molecule has 2 aromatic rings. The maximum atomic E-state index is 12.8. The van der Waals surface area contributed by atoms with Crippen molar-refractivity contribution >= 4 is 34.8 Å². The zero-order valence-electron chi connectivity index (χ0n) is 11.7. The number of halogens is 1. The Morgan fingerprint density at radius 1 is 1.10 bits per heavy atom. The molecule has 110 valence electrons. The molecule has 0 aliphatic carbocycles. The Kier molecular flexibility index (Phi) is 6.02. The van der Waals surface area contributed by atoms with Gasteiger partial charge in [0.25, 0.3) is 0 Å². The van der Waals surface area contributed by atoms with Gasteiger partial charge in [0.05, 0.1) is 0 Å². The van der Waals surface area contributed by atoms with Crippen LogP contribution in [0.4, 0.5) is 10.1 Å². The summed E-state index contributed by atoms with van der Waals surface area (Å²) >= 11 is 6.97. The Morgan fingerprint density at radius 3 is 2.43 bits per heavy atom. The minimum absolute atomic E-state index is 0.256. The van der Waals surface area contributed by atoms with Gasteiger partial charge in [-0.25, -0.2) is 4.39 Å². The molecular formula is C16H17FN2S2. The third-order valence-electron chi connectivity index (χ3n) is 2.78. The van der Waals surface area contributed by atoms with E-state index in [0.29, 0.717) is 5.11 Å². The normalized spacial score (nSPS) is 10.2. The summed E-state index contributed by atoms with van der Waals surface area (Å²) in [6.07, 6.45) is 0. The van der Waals surface area contributed by atoms with Crippen LogP contribution in [0.15, 0.2) is 53.4 Å². The SMILES string of the molecule is Cc1ccc(SCCNC(=S)Nc2ccc(F)cc2)cc1. The number of hydrogen-bond donors (Lipinski definition) is 2. The van der Waals surface area contributed by atoms with E-state index in [4.69, 9.17) is 12.2 Å². The first-order chi connectivity index (χ1) is 10.1. The van der Waals surface area contributed by atoms with Crippen LogP contribution in [0.3, 0.4) is 0 Å². The van der Waals surface area contributed by atoms with Crippen LogP contribution in [0, 0.1) is 12.7 Å². The second-order valence-electron chi connectivity index (χ2n) is 4.55. The predicted molar refractivity (Wildman–Crippen MR) is 92.5 cm³/mol. The van der Waals surface area contributed by atoms with Crippen LogP contribution in [0.5, 0.6) is 0 Å². The van der Waals surface area contributed by atoms with Crippen molar-refractivity contribution < 1.29 is 4.39 Å². The molecule has 0 aromatic heterocycles. The van der Waals surface area contributed by atoms with Crippen LogP contribution in [0.1, 0.15) is 5.56 Å². The van der Waals surface area contributed by atoms with E-state index in [1.54, 1.807) is 23.9 Å². The molecule has 2 rings (SSSR count). The van der Waals surface area contributed by atoms with E-state index in [0.717, 1.165) is 18.0 Å². The van der Waals surface area contributed by atoms with Crippen LogP contribution >= 0.6 is 24.0 Å².